The van der Waals surface area contributed by atoms with Gasteiger partial charge in [-0.2, -0.15) is 0 Å². The zero-order valence-electron chi connectivity index (χ0n) is 10.9. The van der Waals surface area contributed by atoms with Crippen LogP contribution in [-0.2, 0) is 4.74 Å². The molecule has 2 rings (SSSR count). The van der Waals surface area contributed by atoms with Crippen molar-refractivity contribution in [3.63, 3.8) is 0 Å². The van der Waals surface area contributed by atoms with E-state index in [2.05, 4.69) is 15.0 Å². The molecule has 0 amide bonds. The number of methoxy groups -OCH3 is 2. The number of anilines is 2. The summed E-state index contributed by atoms with van der Waals surface area (Å²) in [6.45, 7) is 1.99. The fraction of sp³-hybridized carbons (Fsp3) is 0.231. The Morgan fingerprint density at radius 3 is 2.84 bits per heavy atom. The van der Waals surface area contributed by atoms with Crippen LogP contribution in [0.5, 0.6) is 5.75 Å². The first kappa shape index (κ1) is 13.4. The van der Waals surface area contributed by atoms with Crippen molar-refractivity contribution in [2.45, 2.75) is 6.92 Å². The number of thiazole rings is 1. The lowest BCUT2D eigenvalue weighted by Gasteiger charge is -2.09. The van der Waals surface area contributed by atoms with Crippen LogP contribution in [-0.4, -0.2) is 25.2 Å². The summed E-state index contributed by atoms with van der Waals surface area (Å²) in [4.78, 5) is 15.5. The standard InChI is InChI=1S/C13H14N2O3S/c1-8-4-5-11(17-2)9(6-8)14-13-15-10(7-19-13)12(16)18-3/h4-7H,1-3H3,(H,14,15). The van der Waals surface area contributed by atoms with Crippen molar-refractivity contribution < 1.29 is 14.3 Å². The van der Waals surface area contributed by atoms with Gasteiger partial charge in [0, 0.05) is 5.38 Å². The van der Waals surface area contributed by atoms with Crippen molar-refractivity contribution in [1.82, 2.24) is 4.98 Å². The van der Waals surface area contributed by atoms with Crippen molar-refractivity contribution in [3.05, 3.63) is 34.8 Å². The molecule has 6 heteroatoms. The Morgan fingerprint density at radius 1 is 1.37 bits per heavy atom. The summed E-state index contributed by atoms with van der Waals surface area (Å²) in [7, 11) is 2.94. The van der Waals surface area contributed by atoms with E-state index in [1.807, 2.05) is 25.1 Å². The van der Waals surface area contributed by atoms with Crippen LogP contribution >= 0.6 is 11.3 Å². The molecule has 1 N–H and O–H groups in total. The summed E-state index contributed by atoms with van der Waals surface area (Å²) in [6, 6.07) is 5.80. The van der Waals surface area contributed by atoms with Gasteiger partial charge >= 0.3 is 5.97 Å². The molecule has 2 aromatic rings. The second-order valence-electron chi connectivity index (χ2n) is 3.86. The summed E-state index contributed by atoms with van der Waals surface area (Å²) < 4.78 is 9.89. The predicted octanol–water partition coefficient (Wildman–Crippen LogP) is 2.99. The third-order valence-corrected chi connectivity index (χ3v) is 3.25. The highest BCUT2D eigenvalue weighted by Crippen LogP contribution is 2.29. The van der Waals surface area contributed by atoms with Crippen LogP contribution in [0.1, 0.15) is 16.1 Å². The monoisotopic (exact) mass is 278 g/mol. The van der Waals surface area contributed by atoms with E-state index in [0.29, 0.717) is 10.8 Å². The maximum Gasteiger partial charge on any atom is 0.357 e. The minimum atomic E-state index is -0.444. The molecule has 1 aromatic carbocycles. The Labute approximate surface area is 115 Å². The van der Waals surface area contributed by atoms with E-state index in [1.54, 1.807) is 12.5 Å². The van der Waals surface area contributed by atoms with Gasteiger partial charge in [-0.05, 0) is 24.6 Å². The highest BCUT2D eigenvalue weighted by Gasteiger charge is 2.12. The third kappa shape index (κ3) is 3.03. The molecule has 0 bridgehead atoms. The Bertz CT molecular complexity index is 595. The molecule has 0 radical (unpaired) electrons. The van der Waals surface area contributed by atoms with Gasteiger partial charge in [-0.3, -0.25) is 0 Å². The van der Waals surface area contributed by atoms with E-state index in [1.165, 1.54) is 18.4 Å². The van der Waals surface area contributed by atoms with Crippen LogP contribution < -0.4 is 10.1 Å². The molecule has 0 saturated heterocycles. The fourth-order valence-electron chi connectivity index (χ4n) is 1.56. The number of rotatable bonds is 4. The van der Waals surface area contributed by atoms with Crippen LogP contribution in [0.3, 0.4) is 0 Å². The maximum atomic E-state index is 11.3. The molecule has 0 unspecified atom stereocenters. The highest BCUT2D eigenvalue weighted by molar-refractivity contribution is 7.14. The maximum absolute atomic E-state index is 11.3. The van der Waals surface area contributed by atoms with Gasteiger partial charge in [0.2, 0.25) is 0 Å². The van der Waals surface area contributed by atoms with Gasteiger partial charge < -0.3 is 14.8 Å². The molecule has 0 aliphatic rings. The Hall–Kier alpha value is -2.08. The number of carbonyl (C=O) groups excluding carboxylic acids is 1. The topological polar surface area (TPSA) is 60.5 Å². The van der Waals surface area contributed by atoms with Crippen molar-refractivity contribution in [2.24, 2.45) is 0 Å². The van der Waals surface area contributed by atoms with E-state index in [9.17, 15) is 4.79 Å². The van der Waals surface area contributed by atoms with Crippen LogP contribution in [0, 0.1) is 6.92 Å². The average molecular weight is 278 g/mol. The summed E-state index contributed by atoms with van der Waals surface area (Å²) in [5, 5.41) is 5.40. The number of aryl methyl sites for hydroxylation is 1. The largest absolute Gasteiger partial charge is 0.495 e. The molecule has 1 aromatic heterocycles. The highest BCUT2D eigenvalue weighted by atomic mass is 32.1. The molecule has 0 aliphatic heterocycles. The number of esters is 1. The Morgan fingerprint density at radius 2 is 2.16 bits per heavy atom. The summed E-state index contributed by atoms with van der Waals surface area (Å²) >= 11 is 1.33. The minimum absolute atomic E-state index is 0.293. The number of aromatic nitrogens is 1. The van der Waals surface area contributed by atoms with E-state index < -0.39 is 5.97 Å². The Kier molecular flexibility index (Phi) is 4.01. The van der Waals surface area contributed by atoms with Crippen LogP contribution in [0.4, 0.5) is 10.8 Å². The molecule has 5 nitrogen and oxygen atoms in total. The molecule has 0 spiro atoms. The van der Waals surface area contributed by atoms with Crippen molar-refractivity contribution in [3.8, 4) is 5.75 Å². The quantitative estimate of drug-likeness (QED) is 0.871. The lowest BCUT2D eigenvalue weighted by atomic mass is 10.2. The minimum Gasteiger partial charge on any atom is -0.495 e. The van der Waals surface area contributed by atoms with E-state index in [-0.39, 0.29) is 0 Å². The number of nitrogens with one attached hydrogen (secondary N) is 1. The third-order valence-electron chi connectivity index (χ3n) is 2.50. The first-order valence-electron chi connectivity index (χ1n) is 5.59. The summed E-state index contributed by atoms with van der Waals surface area (Å²) in [5.41, 5.74) is 2.21. The van der Waals surface area contributed by atoms with Crippen LogP contribution in [0.2, 0.25) is 0 Å². The van der Waals surface area contributed by atoms with Gasteiger partial charge in [-0.15, -0.1) is 11.3 Å². The van der Waals surface area contributed by atoms with Gasteiger partial charge in [-0.25, -0.2) is 9.78 Å². The van der Waals surface area contributed by atoms with Gasteiger partial charge in [0.05, 0.1) is 19.9 Å². The fourth-order valence-corrected chi connectivity index (χ4v) is 2.26. The first-order chi connectivity index (χ1) is 9.13. The van der Waals surface area contributed by atoms with E-state index in [0.717, 1.165) is 17.0 Å². The lowest BCUT2D eigenvalue weighted by molar-refractivity contribution is 0.0595. The normalized spacial score (nSPS) is 10.1. The number of ether oxygens (including phenoxy) is 2. The number of benzene rings is 1. The second-order valence-corrected chi connectivity index (χ2v) is 4.72. The average Bonchev–Trinajstić information content (AvgIpc) is 2.86. The second kappa shape index (κ2) is 5.71. The Balaban J connectivity index is 2.23. The van der Waals surface area contributed by atoms with Gasteiger partial charge in [0.15, 0.2) is 10.8 Å². The number of nitrogens with zero attached hydrogens (tertiary/aromatic N) is 1. The van der Waals surface area contributed by atoms with Crippen molar-refractivity contribution in [1.29, 1.82) is 0 Å². The van der Waals surface area contributed by atoms with Gasteiger partial charge in [0.25, 0.3) is 0 Å². The molecule has 100 valence electrons. The van der Waals surface area contributed by atoms with Gasteiger partial charge in [-0.1, -0.05) is 6.07 Å². The van der Waals surface area contributed by atoms with Gasteiger partial charge in [0.1, 0.15) is 5.75 Å². The van der Waals surface area contributed by atoms with Crippen LogP contribution in [0.15, 0.2) is 23.6 Å². The summed E-state index contributed by atoms with van der Waals surface area (Å²) in [6.07, 6.45) is 0. The molecule has 0 atom stereocenters. The molecular weight excluding hydrogens is 264 g/mol. The number of hydrogen-bond donors (Lipinski definition) is 1. The zero-order chi connectivity index (χ0) is 13.8. The molecule has 1 heterocycles. The smallest absolute Gasteiger partial charge is 0.357 e. The van der Waals surface area contributed by atoms with Crippen molar-refractivity contribution >= 4 is 28.1 Å². The predicted molar refractivity (Wildman–Crippen MR) is 74.5 cm³/mol. The SMILES string of the molecule is COC(=O)c1csc(Nc2cc(C)ccc2OC)n1. The van der Waals surface area contributed by atoms with E-state index >= 15 is 0 Å². The zero-order valence-corrected chi connectivity index (χ0v) is 11.7. The van der Waals surface area contributed by atoms with Crippen LogP contribution in [0.25, 0.3) is 0 Å². The molecular formula is C13H14N2O3S. The molecule has 0 aliphatic carbocycles. The molecule has 19 heavy (non-hydrogen) atoms. The number of carbonyl (C=O) groups is 1. The molecule has 0 fully saturated rings. The number of hydrogen-bond acceptors (Lipinski definition) is 6. The van der Waals surface area contributed by atoms with Crippen molar-refractivity contribution in [2.75, 3.05) is 19.5 Å². The van der Waals surface area contributed by atoms with E-state index in [4.69, 9.17) is 4.74 Å². The first-order valence-corrected chi connectivity index (χ1v) is 6.47. The lowest BCUT2D eigenvalue weighted by Crippen LogP contribution is -2.02. The summed E-state index contributed by atoms with van der Waals surface area (Å²) in [5.74, 6) is 0.279. The molecule has 0 saturated carbocycles.